The van der Waals surface area contributed by atoms with Gasteiger partial charge in [-0.3, -0.25) is 4.99 Å². The highest BCUT2D eigenvalue weighted by Gasteiger charge is 1.88. The van der Waals surface area contributed by atoms with Gasteiger partial charge >= 0.3 is 0 Å². The number of aliphatic imine (C=N–C) groups is 1. The third kappa shape index (κ3) is 6.81. The smallest absolute Gasteiger partial charge is 0.0997 e. The molecule has 0 aliphatic carbocycles. The zero-order valence-electron chi connectivity index (χ0n) is 10.2. The van der Waals surface area contributed by atoms with Gasteiger partial charge in [0.1, 0.15) is 0 Å². The number of benzene rings is 1. The molecule has 0 amide bonds. The second-order valence-electron chi connectivity index (χ2n) is 3.84. The van der Waals surface area contributed by atoms with E-state index in [1.165, 1.54) is 19.3 Å². The topological polar surface area (TPSA) is 12.4 Å². The fourth-order valence-corrected chi connectivity index (χ4v) is 1.59. The fraction of sp³-hybridized carbons (Fsp3) is 0.400. The van der Waals surface area contributed by atoms with Crippen LogP contribution in [0.1, 0.15) is 38.2 Å². The van der Waals surface area contributed by atoms with Crippen molar-refractivity contribution in [3.8, 4) is 11.8 Å². The summed E-state index contributed by atoms with van der Waals surface area (Å²) < 4.78 is 0. The molecule has 0 N–H and O–H groups in total. The van der Waals surface area contributed by atoms with Crippen molar-refractivity contribution >= 4 is 17.8 Å². The number of unbranched alkanes of at least 4 members (excludes halogenated alkanes) is 3. The highest BCUT2D eigenvalue weighted by atomic mass is 35.5. The van der Waals surface area contributed by atoms with Crippen molar-refractivity contribution in [1.29, 1.82) is 0 Å². The normalized spacial score (nSPS) is 10.2. The van der Waals surface area contributed by atoms with Gasteiger partial charge in [-0.1, -0.05) is 49.4 Å². The largest absolute Gasteiger partial charge is 0.280 e. The van der Waals surface area contributed by atoms with Crippen molar-refractivity contribution in [2.45, 2.75) is 32.6 Å². The molecular formula is C15H18ClN. The quantitative estimate of drug-likeness (QED) is 0.417. The predicted molar refractivity (Wildman–Crippen MR) is 75.8 cm³/mol. The summed E-state index contributed by atoms with van der Waals surface area (Å²) in [5, 5.41) is 0.736. The second-order valence-corrected chi connectivity index (χ2v) is 4.27. The number of hydrogen-bond donors (Lipinski definition) is 0. The summed E-state index contributed by atoms with van der Waals surface area (Å²) in [7, 11) is 0. The Kier molecular flexibility index (Phi) is 7.18. The van der Waals surface area contributed by atoms with E-state index in [1.807, 2.05) is 30.5 Å². The molecule has 1 aromatic rings. The van der Waals surface area contributed by atoms with Crippen LogP contribution in [-0.4, -0.2) is 12.8 Å². The molecule has 0 heterocycles. The molecular weight excluding hydrogens is 230 g/mol. The van der Waals surface area contributed by atoms with Crippen LogP contribution in [0, 0.1) is 11.8 Å². The zero-order chi connectivity index (χ0) is 12.3. The van der Waals surface area contributed by atoms with Crippen molar-refractivity contribution in [2.24, 2.45) is 4.99 Å². The van der Waals surface area contributed by atoms with Crippen LogP contribution in [0.5, 0.6) is 0 Å². The van der Waals surface area contributed by atoms with E-state index in [2.05, 4.69) is 23.8 Å². The van der Waals surface area contributed by atoms with Crippen LogP contribution in [0.25, 0.3) is 0 Å². The maximum Gasteiger partial charge on any atom is 0.0997 e. The summed E-state index contributed by atoms with van der Waals surface area (Å²) in [4.78, 5) is 4.24. The molecule has 0 fully saturated rings. The SMILES string of the molecule is CCCCCC#CCN=Cc1cccc(Cl)c1. The van der Waals surface area contributed by atoms with E-state index < -0.39 is 0 Å². The minimum Gasteiger partial charge on any atom is -0.280 e. The van der Waals surface area contributed by atoms with Gasteiger partial charge in [0.25, 0.3) is 0 Å². The van der Waals surface area contributed by atoms with Gasteiger partial charge in [-0.05, 0) is 24.1 Å². The molecule has 1 rings (SSSR count). The molecule has 0 saturated carbocycles. The Labute approximate surface area is 109 Å². The Balaban J connectivity index is 2.26. The van der Waals surface area contributed by atoms with Gasteiger partial charge in [0, 0.05) is 17.7 Å². The molecule has 0 saturated heterocycles. The molecule has 0 radical (unpaired) electrons. The van der Waals surface area contributed by atoms with Gasteiger partial charge in [-0.15, -0.1) is 5.92 Å². The Morgan fingerprint density at radius 1 is 1.29 bits per heavy atom. The molecule has 0 unspecified atom stereocenters. The summed E-state index contributed by atoms with van der Waals surface area (Å²) in [6, 6.07) is 7.64. The predicted octanol–water partition coefficient (Wildman–Crippen LogP) is 4.34. The first kappa shape index (κ1) is 13.8. The maximum atomic E-state index is 5.87. The molecule has 17 heavy (non-hydrogen) atoms. The molecule has 0 atom stereocenters. The Hall–Kier alpha value is -1.26. The van der Waals surface area contributed by atoms with E-state index in [1.54, 1.807) is 0 Å². The van der Waals surface area contributed by atoms with Crippen LogP contribution < -0.4 is 0 Å². The summed E-state index contributed by atoms with van der Waals surface area (Å²) in [5.74, 6) is 6.18. The minimum atomic E-state index is 0.568. The molecule has 0 aliphatic heterocycles. The van der Waals surface area contributed by atoms with Crippen molar-refractivity contribution in [3.05, 3.63) is 34.9 Å². The second kappa shape index (κ2) is 8.84. The Morgan fingerprint density at radius 2 is 2.18 bits per heavy atom. The van der Waals surface area contributed by atoms with E-state index in [4.69, 9.17) is 11.6 Å². The minimum absolute atomic E-state index is 0.568. The Bertz CT molecular complexity index is 412. The van der Waals surface area contributed by atoms with Crippen LogP contribution in [-0.2, 0) is 0 Å². The summed E-state index contributed by atoms with van der Waals surface area (Å²) in [6.45, 7) is 2.77. The molecule has 1 aromatic carbocycles. The third-order valence-corrected chi connectivity index (χ3v) is 2.52. The van der Waals surface area contributed by atoms with Crippen LogP contribution in [0.2, 0.25) is 5.02 Å². The van der Waals surface area contributed by atoms with Gasteiger partial charge < -0.3 is 0 Å². The van der Waals surface area contributed by atoms with E-state index >= 15 is 0 Å². The first-order valence-electron chi connectivity index (χ1n) is 6.04. The van der Waals surface area contributed by atoms with E-state index in [-0.39, 0.29) is 0 Å². The first-order valence-corrected chi connectivity index (χ1v) is 6.42. The zero-order valence-corrected chi connectivity index (χ0v) is 11.0. The third-order valence-electron chi connectivity index (χ3n) is 2.29. The van der Waals surface area contributed by atoms with E-state index in [0.29, 0.717) is 6.54 Å². The molecule has 0 aromatic heterocycles. The maximum absolute atomic E-state index is 5.87. The molecule has 2 heteroatoms. The molecule has 0 bridgehead atoms. The van der Waals surface area contributed by atoms with Gasteiger partial charge in [-0.2, -0.15) is 0 Å². The van der Waals surface area contributed by atoms with Crippen molar-refractivity contribution in [1.82, 2.24) is 0 Å². The molecule has 1 nitrogen and oxygen atoms in total. The fourth-order valence-electron chi connectivity index (χ4n) is 1.39. The highest BCUT2D eigenvalue weighted by Crippen LogP contribution is 2.08. The van der Waals surface area contributed by atoms with Crippen molar-refractivity contribution < 1.29 is 0 Å². The highest BCUT2D eigenvalue weighted by molar-refractivity contribution is 6.30. The summed E-state index contributed by atoms with van der Waals surface area (Å²) in [6.07, 6.45) is 6.50. The molecule has 90 valence electrons. The van der Waals surface area contributed by atoms with E-state index in [0.717, 1.165) is 17.0 Å². The lowest BCUT2D eigenvalue weighted by molar-refractivity contribution is 0.737. The van der Waals surface area contributed by atoms with Gasteiger partial charge in [0.05, 0.1) is 6.54 Å². The monoisotopic (exact) mass is 247 g/mol. The van der Waals surface area contributed by atoms with Crippen LogP contribution in [0.4, 0.5) is 0 Å². The van der Waals surface area contributed by atoms with Crippen LogP contribution in [0.15, 0.2) is 29.3 Å². The number of nitrogens with zero attached hydrogens (tertiary/aromatic N) is 1. The van der Waals surface area contributed by atoms with Gasteiger partial charge in [-0.25, -0.2) is 0 Å². The van der Waals surface area contributed by atoms with E-state index in [9.17, 15) is 0 Å². The lowest BCUT2D eigenvalue weighted by atomic mass is 10.2. The lowest BCUT2D eigenvalue weighted by Crippen LogP contribution is -1.82. The average Bonchev–Trinajstić information content (AvgIpc) is 2.33. The standard InChI is InChI=1S/C15H18ClN/c1-2-3-4-5-6-7-11-17-13-14-9-8-10-15(16)12-14/h8-10,12-13H,2-5,11H2,1H3. The Morgan fingerprint density at radius 3 is 2.94 bits per heavy atom. The molecule has 0 aliphatic rings. The lowest BCUT2D eigenvalue weighted by Gasteiger charge is -1.92. The van der Waals surface area contributed by atoms with Gasteiger partial charge in [0.2, 0.25) is 0 Å². The van der Waals surface area contributed by atoms with Crippen LogP contribution in [0.3, 0.4) is 0 Å². The van der Waals surface area contributed by atoms with Gasteiger partial charge in [0.15, 0.2) is 0 Å². The van der Waals surface area contributed by atoms with Crippen molar-refractivity contribution in [3.63, 3.8) is 0 Å². The first-order chi connectivity index (χ1) is 8.33. The number of rotatable bonds is 5. The summed E-state index contributed by atoms with van der Waals surface area (Å²) in [5.41, 5.74) is 1.02. The van der Waals surface area contributed by atoms with Crippen molar-refractivity contribution in [2.75, 3.05) is 6.54 Å². The van der Waals surface area contributed by atoms with Crippen LogP contribution >= 0.6 is 11.6 Å². The average molecular weight is 248 g/mol. The molecule has 0 spiro atoms. The number of halogens is 1. The number of hydrogen-bond acceptors (Lipinski definition) is 1. The summed E-state index contributed by atoms with van der Waals surface area (Å²) >= 11 is 5.87.